The summed E-state index contributed by atoms with van der Waals surface area (Å²) < 4.78 is 27.2. The van der Waals surface area contributed by atoms with Crippen molar-refractivity contribution in [3.05, 3.63) is 31.6 Å². The van der Waals surface area contributed by atoms with Crippen LogP contribution in [0.2, 0.25) is 0 Å². The van der Waals surface area contributed by atoms with Gasteiger partial charge in [0, 0.05) is 26.2 Å². The summed E-state index contributed by atoms with van der Waals surface area (Å²) in [4.78, 5) is 17.9. The van der Waals surface area contributed by atoms with Gasteiger partial charge in [-0.2, -0.15) is 8.99 Å². The number of sulfonamides is 1. The summed E-state index contributed by atoms with van der Waals surface area (Å²) >= 11 is 0. The molecule has 9 heteroatoms. The molecule has 0 aromatic carbocycles. The topological polar surface area (TPSA) is 88.4 Å². The molecule has 140 valence electrons. The Bertz CT molecular complexity index is 674. The van der Waals surface area contributed by atoms with E-state index >= 15 is 0 Å². The highest BCUT2D eigenvalue weighted by Crippen LogP contribution is 2.11. The fourth-order valence-corrected chi connectivity index (χ4v) is 3.42. The van der Waals surface area contributed by atoms with E-state index in [2.05, 4.69) is 30.2 Å². The van der Waals surface area contributed by atoms with Gasteiger partial charge in [0.2, 0.25) is 0 Å². The zero-order valence-electron chi connectivity index (χ0n) is 15.0. The third-order valence-corrected chi connectivity index (χ3v) is 5.21. The molecule has 0 aliphatic rings. The molecule has 0 spiro atoms. The van der Waals surface area contributed by atoms with Crippen LogP contribution in [-0.4, -0.2) is 64.6 Å². The lowest BCUT2D eigenvalue weighted by molar-refractivity contribution is 0.197. The Kier molecular flexibility index (Phi) is 8.50. The number of unbranched alkanes of at least 4 members (excludes halogenated alkanes) is 2. The molecular formula is C16H27N5O3S. The van der Waals surface area contributed by atoms with Gasteiger partial charge in [-0.15, -0.1) is 18.3 Å². The van der Waals surface area contributed by atoms with Gasteiger partial charge in [-0.25, -0.2) is 18.2 Å². The minimum Gasteiger partial charge on any atom is -0.323 e. The van der Waals surface area contributed by atoms with Crippen molar-refractivity contribution in [2.75, 3.05) is 26.2 Å². The lowest BCUT2D eigenvalue weighted by atomic mass is 10.2. The van der Waals surface area contributed by atoms with Crippen LogP contribution in [0.25, 0.3) is 0 Å². The van der Waals surface area contributed by atoms with E-state index in [0.717, 1.165) is 34.6 Å². The fourth-order valence-electron chi connectivity index (χ4n) is 2.22. The van der Waals surface area contributed by atoms with Gasteiger partial charge in [0.05, 0.1) is 0 Å². The summed E-state index contributed by atoms with van der Waals surface area (Å²) in [5, 5.41) is 3.47. The highest BCUT2D eigenvalue weighted by atomic mass is 32.2. The molecule has 1 aromatic rings. The second-order valence-corrected chi connectivity index (χ2v) is 7.27. The summed E-state index contributed by atoms with van der Waals surface area (Å²) in [5.41, 5.74) is 0. The zero-order chi connectivity index (χ0) is 18.9. The standard InChI is InChI=1S/C16H27N5O3S/c1-5-9-10-13-19(8-4)16(22)21-14-17-15(18-21)25(23,24)20(11-6-2)12-7-3/h6-7,14H,2-3,5,8-13H2,1,4H3. The van der Waals surface area contributed by atoms with Gasteiger partial charge >= 0.3 is 6.03 Å². The highest BCUT2D eigenvalue weighted by Gasteiger charge is 2.28. The molecule has 0 unspecified atom stereocenters. The van der Waals surface area contributed by atoms with Crippen LogP contribution in [0.3, 0.4) is 0 Å². The van der Waals surface area contributed by atoms with Crippen LogP contribution in [0, 0.1) is 0 Å². The number of amides is 1. The maximum Gasteiger partial charge on any atom is 0.346 e. The van der Waals surface area contributed by atoms with Gasteiger partial charge < -0.3 is 4.90 Å². The van der Waals surface area contributed by atoms with Gasteiger partial charge in [-0.1, -0.05) is 31.9 Å². The fraction of sp³-hybridized carbons (Fsp3) is 0.562. The quantitative estimate of drug-likeness (QED) is 0.440. The monoisotopic (exact) mass is 369 g/mol. The van der Waals surface area contributed by atoms with Crippen molar-refractivity contribution in [3.8, 4) is 0 Å². The number of carbonyl (C=O) groups excluding carboxylic acids is 1. The average Bonchev–Trinajstić information content (AvgIpc) is 3.09. The van der Waals surface area contributed by atoms with E-state index in [9.17, 15) is 13.2 Å². The average molecular weight is 369 g/mol. The van der Waals surface area contributed by atoms with E-state index in [4.69, 9.17) is 0 Å². The van der Waals surface area contributed by atoms with Crippen LogP contribution in [-0.2, 0) is 10.0 Å². The molecule has 0 radical (unpaired) electrons. The Morgan fingerprint density at radius 3 is 2.40 bits per heavy atom. The SMILES string of the molecule is C=CCN(CC=C)S(=O)(=O)c1ncn(C(=O)N(CC)CCCCC)n1. The number of hydrogen-bond acceptors (Lipinski definition) is 5. The predicted molar refractivity (Wildman–Crippen MR) is 96.7 cm³/mol. The lowest BCUT2D eigenvalue weighted by Crippen LogP contribution is -2.36. The number of nitrogens with zero attached hydrogens (tertiary/aromatic N) is 5. The first-order valence-corrected chi connectivity index (χ1v) is 9.79. The van der Waals surface area contributed by atoms with E-state index in [1.54, 1.807) is 4.90 Å². The molecule has 0 N–H and O–H groups in total. The number of rotatable bonds is 11. The van der Waals surface area contributed by atoms with Gasteiger partial charge in [-0.05, 0) is 13.3 Å². The van der Waals surface area contributed by atoms with Crippen LogP contribution in [0.15, 0.2) is 36.8 Å². The van der Waals surface area contributed by atoms with Gasteiger partial charge in [-0.3, -0.25) is 0 Å². The summed E-state index contributed by atoms with van der Waals surface area (Å²) in [6.45, 7) is 12.4. The molecule has 0 saturated heterocycles. The molecule has 0 saturated carbocycles. The minimum atomic E-state index is -3.91. The molecule has 0 aliphatic heterocycles. The van der Waals surface area contributed by atoms with Crippen molar-refractivity contribution >= 4 is 16.1 Å². The Balaban J connectivity index is 2.97. The number of aromatic nitrogens is 3. The second-order valence-electron chi connectivity index (χ2n) is 5.44. The van der Waals surface area contributed by atoms with Crippen molar-refractivity contribution in [1.29, 1.82) is 0 Å². The molecule has 1 aromatic heterocycles. The smallest absolute Gasteiger partial charge is 0.323 e. The first-order valence-electron chi connectivity index (χ1n) is 8.35. The molecule has 25 heavy (non-hydrogen) atoms. The number of carbonyl (C=O) groups is 1. The number of hydrogen-bond donors (Lipinski definition) is 0. The molecule has 0 bridgehead atoms. The van der Waals surface area contributed by atoms with Gasteiger partial charge in [0.25, 0.3) is 15.2 Å². The summed E-state index contributed by atoms with van der Waals surface area (Å²) in [5.74, 6) is 0. The van der Waals surface area contributed by atoms with E-state index in [1.165, 1.54) is 12.2 Å². The van der Waals surface area contributed by atoms with Gasteiger partial charge in [0.15, 0.2) is 0 Å². The largest absolute Gasteiger partial charge is 0.346 e. The molecule has 0 fully saturated rings. The van der Waals surface area contributed by atoms with Crippen LogP contribution < -0.4 is 0 Å². The molecular weight excluding hydrogens is 342 g/mol. The first-order chi connectivity index (χ1) is 11.9. The van der Waals surface area contributed by atoms with Crippen LogP contribution in [0.1, 0.15) is 33.1 Å². The van der Waals surface area contributed by atoms with E-state index < -0.39 is 15.2 Å². The van der Waals surface area contributed by atoms with Crippen LogP contribution in [0.4, 0.5) is 4.79 Å². The Hall–Kier alpha value is -2.00. The molecule has 8 nitrogen and oxygen atoms in total. The molecule has 1 amide bonds. The predicted octanol–water partition coefficient (Wildman–Crippen LogP) is 2.12. The molecule has 0 atom stereocenters. The van der Waals surface area contributed by atoms with E-state index in [0.29, 0.717) is 13.1 Å². The lowest BCUT2D eigenvalue weighted by Gasteiger charge is -2.20. The maximum atomic E-state index is 12.6. The Morgan fingerprint density at radius 2 is 1.88 bits per heavy atom. The Labute approximate surface area is 149 Å². The highest BCUT2D eigenvalue weighted by molar-refractivity contribution is 7.89. The third kappa shape index (κ3) is 5.50. The van der Waals surface area contributed by atoms with Crippen molar-refractivity contribution in [2.24, 2.45) is 0 Å². The van der Waals surface area contributed by atoms with E-state index in [-0.39, 0.29) is 19.1 Å². The first kappa shape index (κ1) is 21.0. The van der Waals surface area contributed by atoms with Crippen molar-refractivity contribution in [3.63, 3.8) is 0 Å². The second kappa shape index (κ2) is 10.1. The van der Waals surface area contributed by atoms with Crippen LogP contribution in [0.5, 0.6) is 0 Å². The van der Waals surface area contributed by atoms with Crippen molar-refractivity contribution in [1.82, 2.24) is 24.0 Å². The minimum absolute atomic E-state index is 0.106. The van der Waals surface area contributed by atoms with Crippen molar-refractivity contribution < 1.29 is 13.2 Å². The molecule has 1 rings (SSSR count). The maximum absolute atomic E-state index is 12.6. The van der Waals surface area contributed by atoms with Gasteiger partial charge in [0.1, 0.15) is 6.33 Å². The summed E-state index contributed by atoms with van der Waals surface area (Å²) in [7, 11) is -3.91. The normalized spacial score (nSPS) is 11.5. The van der Waals surface area contributed by atoms with E-state index in [1.807, 2.05) is 6.92 Å². The van der Waals surface area contributed by atoms with Crippen molar-refractivity contribution in [2.45, 2.75) is 38.3 Å². The summed E-state index contributed by atoms with van der Waals surface area (Å²) in [6, 6.07) is -0.383. The molecule has 0 aliphatic carbocycles. The molecule has 1 heterocycles. The third-order valence-electron chi connectivity index (χ3n) is 3.59. The zero-order valence-corrected chi connectivity index (χ0v) is 15.8. The summed E-state index contributed by atoms with van der Waals surface area (Å²) in [6.07, 6.45) is 7.05. The van der Waals surface area contributed by atoms with Crippen LogP contribution >= 0.6 is 0 Å². The Morgan fingerprint density at radius 1 is 1.24 bits per heavy atom.